The number of aliphatic carboxylic acids is 1. The minimum atomic E-state index is -1.18. The quantitative estimate of drug-likeness (QED) is 0.526. The van der Waals surface area contributed by atoms with E-state index in [1.54, 1.807) is 0 Å². The fraction of sp³-hybridized carbons (Fsp3) is 0.250. The molecule has 1 aromatic carbocycles. The maximum atomic E-state index is 12.0. The summed E-state index contributed by atoms with van der Waals surface area (Å²) in [6, 6.07) is 4.95. The monoisotopic (exact) mass is 334 g/mol. The Morgan fingerprint density at radius 3 is 2.25 bits per heavy atom. The summed E-state index contributed by atoms with van der Waals surface area (Å²) >= 11 is 0. The summed E-state index contributed by atoms with van der Waals surface area (Å²) in [5, 5.41) is 13.5. The van der Waals surface area contributed by atoms with E-state index in [4.69, 9.17) is 5.11 Å². The van der Waals surface area contributed by atoms with Crippen LogP contribution in [0.4, 0.5) is 5.69 Å². The average Bonchev–Trinajstić information content (AvgIpc) is 2.54. The number of carboxylic acids is 1. The van der Waals surface area contributed by atoms with Crippen molar-refractivity contribution in [1.82, 2.24) is 5.32 Å². The molecular weight excluding hydrogens is 316 g/mol. The summed E-state index contributed by atoms with van der Waals surface area (Å²) in [7, 11) is 1.27. The largest absolute Gasteiger partial charge is 0.480 e. The number of rotatable bonds is 6. The second-order valence-corrected chi connectivity index (χ2v) is 4.92. The van der Waals surface area contributed by atoms with Crippen molar-refractivity contribution in [2.75, 3.05) is 12.4 Å². The third kappa shape index (κ3) is 5.56. The Kier molecular flexibility index (Phi) is 6.66. The van der Waals surface area contributed by atoms with E-state index in [2.05, 4.69) is 15.4 Å². The number of carboxylic acid groups (broad SMARTS) is 1. The summed E-state index contributed by atoms with van der Waals surface area (Å²) in [6.07, 6.45) is 1.01. The number of hydrogen-bond acceptors (Lipinski definition) is 5. The molecule has 8 nitrogen and oxygen atoms in total. The van der Waals surface area contributed by atoms with Crippen molar-refractivity contribution in [3.8, 4) is 0 Å². The van der Waals surface area contributed by atoms with E-state index in [9.17, 15) is 19.2 Å². The molecule has 0 aliphatic heterocycles. The van der Waals surface area contributed by atoms with Gasteiger partial charge >= 0.3 is 11.9 Å². The molecule has 0 heterocycles. The highest BCUT2D eigenvalue weighted by molar-refractivity contribution is 6.07. The van der Waals surface area contributed by atoms with Crippen molar-refractivity contribution in [2.24, 2.45) is 0 Å². The van der Waals surface area contributed by atoms with Crippen molar-refractivity contribution in [2.45, 2.75) is 19.9 Å². The topological polar surface area (TPSA) is 122 Å². The molecule has 0 aliphatic rings. The Labute approximate surface area is 138 Å². The number of nitrogens with one attached hydrogen (secondary N) is 2. The number of amides is 2. The van der Waals surface area contributed by atoms with Crippen molar-refractivity contribution in [3.05, 3.63) is 41.5 Å². The van der Waals surface area contributed by atoms with E-state index in [0.29, 0.717) is 11.3 Å². The number of carbonyl (C=O) groups excluding carboxylic acids is 3. The van der Waals surface area contributed by atoms with Crippen LogP contribution in [0.2, 0.25) is 0 Å². The SMILES string of the molecule is COC(=O)c1ccc(NC(=O)/C(C)=C/C(=O)NC(C)C(=O)O)cc1. The molecule has 0 radical (unpaired) electrons. The number of benzene rings is 1. The molecule has 1 aromatic rings. The van der Waals surface area contributed by atoms with Crippen molar-refractivity contribution >= 4 is 29.4 Å². The Bertz CT molecular complexity index is 678. The molecular formula is C16H18N2O6. The number of ether oxygens (including phenoxy) is 1. The lowest BCUT2D eigenvalue weighted by Gasteiger charge is -2.08. The zero-order valence-electron chi connectivity index (χ0n) is 13.5. The van der Waals surface area contributed by atoms with Crippen LogP contribution in [0.25, 0.3) is 0 Å². The van der Waals surface area contributed by atoms with Crippen LogP contribution in [0, 0.1) is 0 Å². The van der Waals surface area contributed by atoms with Crippen LogP contribution in [-0.4, -0.2) is 42.0 Å². The molecule has 0 saturated heterocycles. The van der Waals surface area contributed by atoms with Crippen LogP contribution in [-0.2, 0) is 19.1 Å². The van der Waals surface area contributed by atoms with E-state index >= 15 is 0 Å². The van der Waals surface area contributed by atoms with Crippen LogP contribution in [0.3, 0.4) is 0 Å². The first-order valence-electron chi connectivity index (χ1n) is 6.96. The molecule has 128 valence electrons. The fourth-order valence-corrected chi connectivity index (χ4v) is 1.62. The predicted molar refractivity (Wildman–Crippen MR) is 85.4 cm³/mol. The predicted octanol–water partition coefficient (Wildman–Crippen LogP) is 0.947. The zero-order valence-corrected chi connectivity index (χ0v) is 13.5. The summed E-state index contributed by atoms with van der Waals surface area (Å²) in [6.45, 7) is 2.73. The smallest absolute Gasteiger partial charge is 0.337 e. The Hall–Kier alpha value is -3.16. The van der Waals surface area contributed by atoms with Gasteiger partial charge in [-0.15, -0.1) is 0 Å². The van der Waals surface area contributed by atoms with Crippen molar-refractivity contribution in [3.63, 3.8) is 0 Å². The highest BCUT2D eigenvalue weighted by atomic mass is 16.5. The molecule has 0 aliphatic carbocycles. The Balaban J connectivity index is 2.69. The van der Waals surface area contributed by atoms with Gasteiger partial charge in [-0.2, -0.15) is 0 Å². The number of hydrogen-bond donors (Lipinski definition) is 3. The van der Waals surface area contributed by atoms with Gasteiger partial charge in [-0.25, -0.2) is 4.79 Å². The molecule has 1 atom stereocenters. The molecule has 8 heteroatoms. The average molecular weight is 334 g/mol. The molecule has 0 saturated carbocycles. The lowest BCUT2D eigenvalue weighted by molar-refractivity contribution is -0.140. The van der Waals surface area contributed by atoms with Crippen LogP contribution in [0.5, 0.6) is 0 Å². The molecule has 3 N–H and O–H groups in total. The van der Waals surface area contributed by atoms with Gasteiger partial charge < -0.3 is 20.5 Å². The van der Waals surface area contributed by atoms with E-state index in [-0.39, 0.29) is 5.57 Å². The Morgan fingerprint density at radius 2 is 1.75 bits per heavy atom. The fourth-order valence-electron chi connectivity index (χ4n) is 1.62. The summed E-state index contributed by atoms with van der Waals surface area (Å²) in [5.41, 5.74) is 0.867. The van der Waals surface area contributed by atoms with Gasteiger partial charge in [0.2, 0.25) is 5.91 Å². The van der Waals surface area contributed by atoms with Gasteiger partial charge in [0.05, 0.1) is 12.7 Å². The highest BCUT2D eigenvalue weighted by Gasteiger charge is 2.14. The molecule has 0 bridgehead atoms. The van der Waals surface area contributed by atoms with E-state index in [1.807, 2.05) is 0 Å². The van der Waals surface area contributed by atoms with E-state index < -0.39 is 29.8 Å². The molecule has 0 aromatic heterocycles. The van der Waals surface area contributed by atoms with E-state index in [0.717, 1.165) is 6.08 Å². The molecule has 24 heavy (non-hydrogen) atoms. The van der Waals surface area contributed by atoms with Gasteiger partial charge in [-0.1, -0.05) is 0 Å². The zero-order chi connectivity index (χ0) is 18.3. The molecule has 1 rings (SSSR count). The number of esters is 1. The van der Waals surface area contributed by atoms with Crippen molar-refractivity contribution < 1.29 is 29.0 Å². The minimum Gasteiger partial charge on any atom is -0.480 e. The van der Waals surface area contributed by atoms with Crippen LogP contribution < -0.4 is 10.6 Å². The van der Waals surface area contributed by atoms with Crippen LogP contribution >= 0.6 is 0 Å². The van der Waals surface area contributed by atoms with Gasteiger partial charge in [0.1, 0.15) is 6.04 Å². The third-order valence-corrected chi connectivity index (χ3v) is 3.00. The standard InChI is InChI=1S/C16H18N2O6/c1-9(8-13(19)17-10(2)15(21)22)14(20)18-12-6-4-11(5-7-12)16(23)24-3/h4-8,10H,1-3H3,(H,17,19)(H,18,20)(H,21,22)/b9-8+. The first-order chi connectivity index (χ1) is 11.2. The maximum Gasteiger partial charge on any atom is 0.337 e. The summed E-state index contributed by atoms with van der Waals surface area (Å²) in [4.78, 5) is 45.5. The van der Waals surface area contributed by atoms with E-state index in [1.165, 1.54) is 45.2 Å². The lowest BCUT2D eigenvalue weighted by Crippen LogP contribution is -2.37. The van der Waals surface area contributed by atoms with Crippen LogP contribution in [0.15, 0.2) is 35.9 Å². The minimum absolute atomic E-state index is 0.0992. The van der Waals surface area contributed by atoms with Gasteiger partial charge in [0, 0.05) is 17.3 Å². The number of methoxy groups -OCH3 is 1. The first-order valence-corrected chi connectivity index (χ1v) is 6.96. The van der Waals surface area contributed by atoms with Gasteiger partial charge in [0.25, 0.3) is 5.91 Å². The summed E-state index contributed by atoms with van der Waals surface area (Å²) < 4.78 is 4.57. The number of anilines is 1. The molecule has 1 unspecified atom stereocenters. The number of carbonyl (C=O) groups is 4. The van der Waals surface area contributed by atoms with Crippen LogP contribution in [0.1, 0.15) is 24.2 Å². The first kappa shape index (κ1) is 18.9. The normalized spacial score (nSPS) is 12.0. The molecule has 0 fully saturated rings. The maximum absolute atomic E-state index is 12.0. The highest BCUT2D eigenvalue weighted by Crippen LogP contribution is 2.11. The molecule has 0 spiro atoms. The lowest BCUT2D eigenvalue weighted by atomic mass is 10.2. The van der Waals surface area contributed by atoms with Gasteiger partial charge in [-0.3, -0.25) is 14.4 Å². The molecule has 2 amide bonds. The second kappa shape index (κ2) is 8.47. The van der Waals surface area contributed by atoms with Gasteiger partial charge in [-0.05, 0) is 38.1 Å². The Morgan fingerprint density at radius 1 is 1.17 bits per heavy atom. The second-order valence-electron chi connectivity index (χ2n) is 4.92. The third-order valence-electron chi connectivity index (χ3n) is 3.00. The summed E-state index contributed by atoms with van der Waals surface area (Å²) in [5.74, 6) is -2.88. The van der Waals surface area contributed by atoms with Crippen molar-refractivity contribution in [1.29, 1.82) is 0 Å². The van der Waals surface area contributed by atoms with Gasteiger partial charge in [0.15, 0.2) is 0 Å².